The molecule has 0 amide bonds. The van der Waals surface area contributed by atoms with Gasteiger partial charge in [-0.1, -0.05) is 29.5 Å². The first-order valence-corrected chi connectivity index (χ1v) is 12.5. The van der Waals surface area contributed by atoms with Gasteiger partial charge in [0.05, 0.1) is 21.7 Å². The molecule has 5 rings (SSSR count). The van der Waals surface area contributed by atoms with Crippen LogP contribution in [-0.2, 0) is 6.54 Å². The van der Waals surface area contributed by atoms with Gasteiger partial charge in [0.15, 0.2) is 0 Å². The predicted octanol–water partition coefficient (Wildman–Crippen LogP) is 4.96. The van der Waals surface area contributed by atoms with Crippen LogP contribution in [0.4, 0.5) is 14.5 Å². The molecular weight excluding hydrogens is 430 g/mol. The van der Waals surface area contributed by atoms with E-state index in [1.54, 1.807) is 0 Å². The van der Waals surface area contributed by atoms with Crippen LogP contribution in [0.1, 0.15) is 6.42 Å². The molecule has 2 N–H and O–H groups in total. The summed E-state index contributed by atoms with van der Waals surface area (Å²) in [6.45, 7) is 1.31. The summed E-state index contributed by atoms with van der Waals surface area (Å²) in [4.78, 5) is 14.3. The van der Waals surface area contributed by atoms with Gasteiger partial charge in [0.1, 0.15) is 0 Å². The van der Waals surface area contributed by atoms with Gasteiger partial charge in [-0.15, -0.1) is 0 Å². The van der Waals surface area contributed by atoms with E-state index in [2.05, 4.69) is 4.90 Å². The average molecular weight is 453 g/mol. The maximum Gasteiger partial charge on any atom is 0.308 e. The minimum absolute atomic E-state index is 0.0698. The second-order valence-corrected chi connectivity index (χ2v) is 11.5. The fraction of sp³-hybridized carbons (Fsp3) is 0.381. The molecule has 0 radical (unpaired) electrons. The Morgan fingerprint density at radius 1 is 1.07 bits per heavy atom. The first-order chi connectivity index (χ1) is 14.2. The summed E-state index contributed by atoms with van der Waals surface area (Å²) in [5.41, 5.74) is 3.71. The fourth-order valence-electron chi connectivity index (χ4n) is 3.96. The molecule has 2 aromatic carbocycles. The van der Waals surface area contributed by atoms with Gasteiger partial charge in [-0.2, -0.15) is 10.6 Å². The lowest BCUT2D eigenvalue weighted by atomic mass is 10.0. The molecule has 2 fully saturated rings. The highest BCUT2D eigenvalue weighted by atomic mass is 32.3. The first kappa shape index (κ1) is 20.0. The highest BCUT2D eigenvalue weighted by Crippen LogP contribution is 2.49. The van der Waals surface area contributed by atoms with Crippen LogP contribution in [0.2, 0.25) is 0 Å². The zero-order valence-corrected chi connectivity index (χ0v) is 17.8. The number of fused-ring (bicyclic) bond motifs is 1. The fourth-order valence-corrected chi connectivity index (χ4v) is 6.13. The molecule has 160 valence electrons. The molecule has 3 aromatic rings. The molecule has 1 aliphatic heterocycles. The summed E-state index contributed by atoms with van der Waals surface area (Å²) in [6.07, 6.45) is -0.142. The van der Waals surface area contributed by atoms with Gasteiger partial charge in [0.25, 0.3) is 5.92 Å². The highest BCUT2D eigenvalue weighted by molar-refractivity contribution is 8.24. The molecule has 1 aliphatic carbocycles. The number of alkyl halides is 2. The number of thiazole rings is 1. The van der Waals surface area contributed by atoms with Crippen LogP contribution >= 0.6 is 21.9 Å². The van der Waals surface area contributed by atoms with Crippen molar-refractivity contribution in [1.29, 1.82) is 0 Å². The van der Waals surface area contributed by atoms with E-state index in [0.29, 0.717) is 30.1 Å². The van der Waals surface area contributed by atoms with E-state index < -0.39 is 22.4 Å². The van der Waals surface area contributed by atoms with E-state index in [1.165, 1.54) is 4.57 Å². The lowest BCUT2D eigenvalue weighted by Crippen LogP contribution is -2.38. The summed E-state index contributed by atoms with van der Waals surface area (Å²) in [7, 11) is -2.42. The summed E-state index contributed by atoms with van der Waals surface area (Å²) < 4.78 is 48.4. The van der Waals surface area contributed by atoms with Crippen LogP contribution < -0.4 is 9.77 Å². The van der Waals surface area contributed by atoms with Crippen molar-refractivity contribution < 1.29 is 17.9 Å². The Morgan fingerprint density at radius 3 is 2.33 bits per heavy atom. The molecule has 1 saturated heterocycles. The van der Waals surface area contributed by atoms with E-state index in [4.69, 9.17) is 0 Å². The molecule has 1 unspecified atom stereocenters. The second kappa shape index (κ2) is 7.05. The van der Waals surface area contributed by atoms with Gasteiger partial charge in [-0.3, -0.25) is 18.5 Å². The molecule has 1 atom stereocenters. The van der Waals surface area contributed by atoms with Crippen molar-refractivity contribution in [2.24, 2.45) is 5.92 Å². The number of hydrogen-bond acceptors (Lipinski definition) is 5. The van der Waals surface area contributed by atoms with Crippen LogP contribution in [-0.4, -0.2) is 44.2 Å². The number of rotatable bonds is 4. The summed E-state index contributed by atoms with van der Waals surface area (Å²) in [5.74, 6) is -2.58. The second-order valence-electron chi connectivity index (χ2n) is 8.07. The third-order valence-electron chi connectivity index (χ3n) is 5.97. The minimum atomic E-state index is -2.64. The Hall–Kier alpha value is -1.94. The number of aromatic nitrogens is 1. The smallest absolute Gasteiger partial charge is 0.308 e. The van der Waals surface area contributed by atoms with Gasteiger partial charge in [0, 0.05) is 37.7 Å². The maximum atomic E-state index is 13.3. The van der Waals surface area contributed by atoms with Crippen LogP contribution in [0.25, 0.3) is 21.3 Å². The maximum absolute atomic E-state index is 13.3. The minimum Gasteiger partial charge on any atom is -0.368 e. The van der Waals surface area contributed by atoms with Crippen molar-refractivity contribution in [3.05, 3.63) is 52.1 Å². The van der Waals surface area contributed by atoms with E-state index in [0.717, 1.165) is 32.9 Å². The number of anilines is 1. The molecule has 9 heteroatoms. The van der Waals surface area contributed by atoms with Crippen LogP contribution in [0.5, 0.6) is 0 Å². The zero-order valence-electron chi connectivity index (χ0n) is 16.1. The third-order valence-corrected chi connectivity index (χ3v) is 8.58. The third kappa shape index (κ3) is 3.75. The molecule has 1 aromatic heterocycles. The van der Waals surface area contributed by atoms with Crippen molar-refractivity contribution >= 4 is 37.8 Å². The van der Waals surface area contributed by atoms with Crippen molar-refractivity contribution in [1.82, 2.24) is 4.57 Å². The van der Waals surface area contributed by atoms with E-state index in [-0.39, 0.29) is 17.8 Å². The molecule has 0 bridgehead atoms. The van der Waals surface area contributed by atoms with E-state index in [1.807, 2.05) is 42.5 Å². The average Bonchev–Trinajstić information content (AvgIpc) is 3.19. The summed E-state index contributed by atoms with van der Waals surface area (Å²) >= 11 is 1.09. The monoisotopic (exact) mass is 452 g/mol. The number of benzene rings is 2. The Labute approximate surface area is 177 Å². The van der Waals surface area contributed by atoms with Crippen LogP contribution in [0, 0.1) is 5.92 Å². The van der Waals surface area contributed by atoms with Gasteiger partial charge in [0.2, 0.25) is 0 Å². The van der Waals surface area contributed by atoms with E-state index >= 15 is 0 Å². The lowest BCUT2D eigenvalue weighted by Gasteiger charge is -2.41. The molecule has 1 saturated carbocycles. The highest BCUT2D eigenvalue weighted by Gasteiger charge is 2.56. The normalized spacial score (nSPS) is 23.5. The van der Waals surface area contributed by atoms with Crippen LogP contribution in [0.3, 0.4) is 0 Å². The van der Waals surface area contributed by atoms with Gasteiger partial charge in [-0.05, 0) is 35.4 Å². The lowest BCUT2D eigenvalue weighted by molar-refractivity contribution is 0.0953. The molecule has 5 nitrogen and oxygen atoms in total. The van der Waals surface area contributed by atoms with Gasteiger partial charge in [-0.25, -0.2) is 8.78 Å². The van der Waals surface area contributed by atoms with Crippen molar-refractivity contribution in [2.45, 2.75) is 18.9 Å². The first-order valence-electron chi connectivity index (χ1n) is 9.82. The topological polar surface area (TPSA) is 65.7 Å². The largest absolute Gasteiger partial charge is 0.368 e. The molecule has 2 aliphatic rings. The summed E-state index contributed by atoms with van der Waals surface area (Å²) in [6, 6.07) is 13.7. The standard InChI is InChI=1S/C21H22F2N2O3S2/c22-21(23)12-16(21)13-25-18-6-3-15(11-19(18)29-20(25)26)14-1-4-17(5-2-14)24-7-9-30(27,28)10-8-24/h1-6,11,16,27-28H,7-10,12-13H2. The van der Waals surface area contributed by atoms with Crippen molar-refractivity contribution in [3.8, 4) is 11.1 Å². The summed E-state index contributed by atoms with van der Waals surface area (Å²) in [5, 5.41) is 0. The Bertz CT molecular complexity index is 1150. The quantitative estimate of drug-likeness (QED) is 0.588. The Balaban J connectivity index is 1.37. The SMILES string of the molecule is O=c1sc2cc(-c3ccc(N4CCS(O)(O)CC4)cc3)ccc2n1CC1CC1(F)F. The van der Waals surface area contributed by atoms with Crippen LogP contribution in [0.15, 0.2) is 47.3 Å². The zero-order chi connectivity index (χ0) is 21.1. The van der Waals surface area contributed by atoms with E-state index in [9.17, 15) is 22.7 Å². The molecule has 2 heterocycles. The van der Waals surface area contributed by atoms with Gasteiger partial charge < -0.3 is 4.90 Å². The van der Waals surface area contributed by atoms with Crippen molar-refractivity contribution in [2.75, 3.05) is 29.5 Å². The number of hydrogen-bond donors (Lipinski definition) is 2. The number of halogens is 2. The van der Waals surface area contributed by atoms with Crippen molar-refractivity contribution in [3.63, 3.8) is 0 Å². The number of nitrogens with zero attached hydrogens (tertiary/aromatic N) is 2. The van der Waals surface area contributed by atoms with Gasteiger partial charge >= 0.3 is 4.87 Å². The molecule has 0 spiro atoms. The Kier molecular flexibility index (Phi) is 4.70. The predicted molar refractivity (Wildman–Crippen MR) is 119 cm³/mol. The molecule has 30 heavy (non-hydrogen) atoms. The molecular formula is C21H22F2N2O3S2. The Morgan fingerprint density at radius 2 is 1.70 bits per heavy atom.